The Morgan fingerprint density at radius 1 is 0.750 bits per heavy atom. The molecule has 0 saturated carbocycles. The van der Waals surface area contributed by atoms with Crippen LogP contribution in [-0.2, 0) is 0 Å². The van der Waals surface area contributed by atoms with Crippen molar-refractivity contribution in [3.05, 3.63) is 12.2 Å². The molecule has 0 aliphatic heterocycles. The second-order valence-electron chi connectivity index (χ2n) is 2.91. The molecule has 2 N–H and O–H groups in total. The van der Waals surface area contributed by atoms with Crippen molar-refractivity contribution in [3.8, 4) is 0 Å². The summed E-state index contributed by atoms with van der Waals surface area (Å²) < 4.78 is 0. The van der Waals surface area contributed by atoms with E-state index < -0.39 is 0 Å². The number of aliphatic hydroxyl groups is 2. The van der Waals surface area contributed by atoms with Crippen LogP contribution >= 0.6 is 0 Å². The number of hydrogen-bond acceptors (Lipinski definition) is 2. The highest BCUT2D eigenvalue weighted by molar-refractivity contribution is 4.82. The van der Waals surface area contributed by atoms with Gasteiger partial charge >= 0.3 is 0 Å². The lowest BCUT2D eigenvalue weighted by molar-refractivity contribution is 0.186. The zero-order chi connectivity index (χ0) is 9.07. The molecular weight excluding hydrogens is 152 g/mol. The van der Waals surface area contributed by atoms with E-state index in [0.717, 1.165) is 0 Å². The van der Waals surface area contributed by atoms with Crippen LogP contribution in [0.25, 0.3) is 0 Å². The van der Waals surface area contributed by atoms with Crippen molar-refractivity contribution < 1.29 is 10.2 Å². The van der Waals surface area contributed by atoms with Crippen LogP contribution in [0.3, 0.4) is 0 Å². The Morgan fingerprint density at radius 2 is 1.17 bits per heavy atom. The average molecular weight is 172 g/mol. The molecule has 0 bridgehead atoms. The first-order valence-corrected chi connectivity index (χ1v) is 4.78. The molecule has 2 nitrogen and oxygen atoms in total. The van der Waals surface area contributed by atoms with E-state index in [0.29, 0.717) is 0 Å². The van der Waals surface area contributed by atoms with Crippen LogP contribution in [0.15, 0.2) is 12.2 Å². The van der Waals surface area contributed by atoms with Gasteiger partial charge in [-0.05, 0) is 25.7 Å². The lowest BCUT2D eigenvalue weighted by Crippen LogP contribution is -1.85. The SMILES string of the molecule is C1=CCCCCCC1.OCCO. The first-order valence-electron chi connectivity index (χ1n) is 4.78. The minimum absolute atomic E-state index is 0.125. The summed E-state index contributed by atoms with van der Waals surface area (Å²) in [6.45, 7) is -0.250. The van der Waals surface area contributed by atoms with Crippen molar-refractivity contribution in [1.82, 2.24) is 0 Å². The number of rotatable bonds is 1. The minimum atomic E-state index is -0.125. The highest BCUT2D eigenvalue weighted by Gasteiger charge is 1.89. The zero-order valence-corrected chi connectivity index (χ0v) is 7.71. The molecule has 0 spiro atoms. The van der Waals surface area contributed by atoms with Gasteiger partial charge in [-0.25, -0.2) is 0 Å². The summed E-state index contributed by atoms with van der Waals surface area (Å²) in [4.78, 5) is 0. The number of hydrogen-bond donors (Lipinski definition) is 2. The molecule has 0 saturated heterocycles. The number of allylic oxidation sites excluding steroid dienone is 2. The van der Waals surface area contributed by atoms with Gasteiger partial charge in [0.2, 0.25) is 0 Å². The smallest absolute Gasteiger partial charge is 0.0662 e. The van der Waals surface area contributed by atoms with Gasteiger partial charge in [-0.2, -0.15) is 0 Å². The summed E-state index contributed by atoms with van der Waals surface area (Å²) in [7, 11) is 0. The molecule has 12 heavy (non-hydrogen) atoms. The summed E-state index contributed by atoms with van der Waals surface area (Å²) >= 11 is 0. The fourth-order valence-corrected chi connectivity index (χ4v) is 1.11. The third kappa shape index (κ3) is 9.66. The predicted octanol–water partition coefficient (Wildman–Crippen LogP) is 1.87. The maximum absolute atomic E-state index is 7.62. The largest absolute Gasteiger partial charge is 0.394 e. The standard InChI is InChI=1S/C8H14.C2H6O2/c1-2-4-6-8-7-5-3-1;3-1-2-4/h1-2H,3-8H2;3-4H,1-2H2. The number of aliphatic hydroxyl groups excluding tert-OH is 2. The fraction of sp³-hybridized carbons (Fsp3) is 0.800. The summed E-state index contributed by atoms with van der Waals surface area (Å²) in [5.41, 5.74) is 0. The summed E-state index contributed by atoms with van der Waals surface area (Å²) in [6, 6.07) is 0. The van der Waals surface area contributed by atoms with Crippen LogP contribution in [0.2, 0.25) is 0 Å². The second-order valence-corrected chi connectivity index (χ2v) is 2.91. The van der Waals surface area contributed by atoms with E-state index in [1.54, 1.807) is 0 Å². The molecule has 0 amide bonds. The van der Waals surface area contributed by atoms with E-state index in [1.165, 1.54) is 38.5 Å². The van der Waals surface area contributed by atoms with E-state index in [4.69, 9.17) is 10.2 Å². The van der Waals surface area contributed by atoms with Crippen LogP contribution < -0.4 is 0 Å². The Kier molecular flexibility index (Phi) is 10.4. The molecule has 0 heterocycles. The third-order valence-corrected chi connectivity index (χ3v) is 1.76. The van der Waals surface area contributed by atoms with Crippen LogP contribution in [0.5, 0.6) is 0 Å². The van der Waals surface area contributed by atoms with Gasteiger partial charge in [0.05, 0.1) is 13.2 Å². The molecule has 0 fully saturated rings. The van der Waals surface area contributed by atoms with Gasteiger partial charge in [-0.3, -0.25) is 0 Å². The molecule has 72 valence electrons. The Hall–Kier alpha value is -0.340. The van der Waals surface area contributed by atoms with Crippen molar-refractivity contribution in [2.24, 2.45) is 0 Å². The molecule has 1 rings (SSSR count). The summed E-state index contributed by atoms with van der Waals surface area (Å²) in [5.74, 6) is 0. The zero-order valence-electron chi connectivity index (χ0n) is 7.71. The molecule has 0 radical (unpaired) electrons. The molecule has 0 aromatic carbocycles. The Balaban J connectivity index is 0.000000261. The maximum atomic E-state index is 7.62. The van der Waals surface area contributed by atoms with Crippen molar-refractivity contribution in [1.29, 1.82) is 0 Å². The third-order valence-electron chi connectivity index (χ3n) is 1.76. The Morgan fingerprint density at radius 3 is 1.50 bits per heavy atom. The van der Waals surface area contributed by atoms with Crippen molar-refractivity contribution >= 4 is 0 Å². The highest BCUT2D eigenvalue weighted by atomic mass is 16.3. The summed E-state index contributed by atoms with van der Waals surface area (Å²) in [6.07, 6.45) is 13.0. The van der Waals surface area contributed by atoms with Crippen LogP contribution in [0, 0.1) is 0 Å². The topological polar surface area (TPSA) is 40.5 Å². The lowest BCUT2D eigenvalue weighted by atomic mass is 10.1. The van der Waals surface area contributed by atoms with Crippen LogP contribution in [0.4, 0.5) is 0 Å². The molecule has 1 aliphatic rings. The maximum Gasteiger partial charge on any atom is 0.0662 e. The van der Waals surface area contributed by atoms with Gasteiger partial charge in [0.15, 0.2) is 0 Å². The van der Waals surface area contributed by atoms with Crippen LogP contribution in [0.1, 0.15) is 38.5 Å². The minimum Gasteiger partial charge on any atom is -0.394 e. The summed E-state index contributed by atoms with van der Waals surface area (Å²) in [5, 5.41) is 15.2. The van der Waals surface area contributed by atoms with E-state index in [9.17, 15) is 0 Å². The molecule has 0 atom stereocenters. The van der Waals surface area contributed by atoms with Crippen LogP contribution in [-0.4, -0.2) is 23.4 Å². The molecule has 0 aromatic rings. The van der Waals surface area contributed by atoms with Gasteiger partial charge in [-0.1, -0.05) is 25.0 Å². The van der Waals surface area contributed by atoms with E-state index in [-0.39, 0.29) is 13.2 Å². The second kappa shape index (κ2) is 10.7. The molecule has 1 aliphatic carbocycles. The molecule has 0 unspecified atom stereocenters. The van der Waals surface area contributed by atoms with Gasteiger partial charge in [0.25, 0.3) is 0 Å². The Bertz CT molecular complexity index is 88.0. The van der Waals surface area contributed by atoms with E-state index in [2.05, 4.69) is 12.2 Å². The van der Waals surface area contributed by atoms with Crippen molar-refractivity contribution in [3.63, 3.8) is 0 Å². The normalized spacial score (nSPS) is 17.2. The average Bonchev–Trinajstić information content (AvgIpc) is 2.04. The van der Waals surface area contributed by atoms with Gasteiger partial charge in [-0.15, -0.1) is 0 Å². The quantitative estimate of drug-likeness (QED) is 0.593. The van der Waals surface area contributed by atoms with Crippen molar-refractivity contribution in [2.45, 2.75) is 38.5 Å². The first-order chi connectivity index (χ1) is 5.91. The van der Waals surface area contributed by atoms with Crippen molar-refractivity contribution in [2.75, 3.05) is 13.2 Å². The Labute approximate surface area is 74.9 Å². The highest BCUT2D eigenvalue weighted by Crippen LogP contribution is 2.09. The van der Waals surface area contributed by atoms with Gasteiger partial charge in [0.1, 0.15) is 0 Å². The molecule has 0 aromatic heterocycles. The van der Waals surface area contributed by atoms with Gasteiger partial charge < -0.3 is 10.2 Å². The van der Waals surface area contributed by atoms with Gasteiger partial charge in [0, 0.05) is 0 Å². The predicted molar refractivity (Wildman–Crippen MR) is 51.0 cm³/mol. The first kappa shape index (κ1) is 11.7. The monoisotopic (exact) mass is 172 g/mol. The van der Waals surface area contributed by atoms with E-state index >= 15 is 0 Å². The molecular formula is C10H20O2. The lowest BCUT2D eigenvalue weighted by Gasteiger charge is -2.00. The fourth-order valence-electron chi connectivity index (χ4n) is 1.11. The molecule has 2 heteroatoms. The van der Waals surface area contributed by atoms with E-state index in [1.807, 2.05) is 0 Å².